The van der Waals surface area contributed by atoms with Crippen LogP contribution < -0.4 is 0 Å². The van der Waals surface area contributed by atoms with Gasteiger partial charge in [-0.15, -0.1) is 8.58 Å². The van der Waals surface area contributed by atoms with E-state index >= 15 is 0 Å². The van der Waals surface area contributed by atoms with Crippen LogP contribution in [0.3, 0.4) is 0 Å². The molecule has 91 valence electrons. The average Bonchev–Trinajstić information content (AvgIpc) is 2.99. The van der Waals surface area contributed by atoms with Gasteiger partial charge in [0, 0.05) is 0 Å². The van der Waals surface area contributed by atoms with Gasteiger partial charge in [-0.2, -0.15) is 36.4 Å². The molecule has 0 aliphatic heterocycles. The van der Waals surface area contributed by atoms with Gasteiger partial charge in [0.25, 0.3) is 0 Å². The molecule has 0 bridgehead atoms. The first-order valence-corrected chi connectivity index (χ1v) is 6.87. The first-order valence-electron chi connectivity index (χ1n) is 5.45. The second-order valence-electron chi connectivity index (χ2n) is 2.88. The summed E-state index contributed by atoms with van der Waals surface area (Å²) < 4.78 is 0. The van der Waals surface area contributed by atoms with Crippen LogP contribution in [0.4, 0.5) is 0 Å². The molecule has 0 N–H and O–H groups in total. The predicted octanol–water partition coefficient (Wildman–Crippen LogP) is 4.51. The molecule has 0 heterocycles. The Morgan fingerprint density at radius 3 is 1.12 bits per heavy atom. The predicted molar refractivity (Wildman–Crippen MR) is 73.5 cm³/mol. The molecule has 0 amide bonds. The SMILES string of the molecule is CCPCC.[Co+2].c1cc[cH-]c1.c1cc[cH-]c1. The summed E-state index contributed by atoms with van der Waals surface area (Å²) in [5.41, 5.74) is 0. The average molecular weight is 279 g/mol. The van der Waals surface area contributed by atoms with E-state index in [2.05, 4.69) is 13.8 Å². The van der Waals surface area contributed by atoms with Crippen LogP contribution in [-0.4, -0.2) is 12.3 Å². The minimum atomic E-state index is 0. The molecule has 0 nitrogen and oxygen atoms in total. The van der Waals surface area contributed by atoms with Crippen molar-refractivity contribution in [3.8, 4) is 0 Å². The topological polar surface area (TPSA) is 0 Å². The van der Waals surface area contributed by atoms with Crippen LogP contribution in [0.2, 0.25) is 0 Å². The fourth-order valence-electron chi connectivity index (χ4n) is 0.892. The van der Waals surface area contributed by atoms with E-state index in [-0.39, 0.29) is 16.8 Å². The van der Waals surface area contributed by atoms with E-state index in [1.165, 1.54) is 20.9 Å². The number of hydrogen-bond acceptors (Lipinski definition) is 0. The Kier molecular flexibility index (Phi) is 19.2. The van der Waals surface area contributed by atoms with Gasteiger partial charge in [0.1, 0.15) is 0 Å². The van der Waals surface area contributed by atoms with Crippen LogP contribution in [0.25, 0.3) is 0 Å². The molecule has 0 aliphatic carbocycles. The van der Waals surface area contributed by atoms with Gasteiger partial charge in [0.2, 0.25) is 0 Å². The standard InChI is InChI=1S/2C5H5.C4H11P.Co/c2*1-2-4-5-3-1;1-3-5-4-2;/h2*1-5H;5H,3-4H2,1-2H3;/q2*-1;;+2. The summed E-state index contributed by atoms with van der Waals surface area (Å²) in [6.45, 7) is 4.45. The summed E-state index contributed by atoms with van der Waals surface area (Å²) in [7, 11) is 1.20. The van der Waals surface area contributed by atoms with Crippen LogP contribution in [0.5, 0.6) is 0 Å². The smallest absolute Gasteiger partial charge is 0.214 e. The minimum Gasteiger partial charge on any atom is -0.214 e. The molecule has 0 saturated heterocycles. The molecule has 0 unspecified atom stereocenters. The third-order valence-corrected chi connectivity index (χ3v) is 2.61. The van der Waals surface area contributed by atoms with Crippen LogP contribution in [0, 0.1) is 0 Å². The van der Waals surface area contributed by atoms with E-state index in [0.29, 0.717) is 0 Å². The summed E-state index contributed by atoms with van der Waals surface area (Å²) in [5, 5.41) is 0. The largest absolute Gasteiger partial charge is 2.00 e. The van der Waals surface area contributed by atoms with Crippen molar-refractivity contribution < 1.29 is 16.8 Å². The van der Waals surface area contributed by atoms with Gasteiger partial charge in [-0.3, -0.25) is 0 Å². The molecule has 2 heteroatoms. The minimum absolute atomic E-state index is 0. The molecule has 0 atom stereocenters. The second kappa shape index (κ2) is 17.0. The molecule has 2 aromatic rings. The van der Waals surface area contributed by atoms with Crippen LogP contribution in [-0.2, 0) is 16.8 Å². The van der Waals surface area contributed by atoms with Crippen molar-refractivity contribution in [1.29, 1.82) is 0 Å². The molecule has 0 aromatic heterocycles. The van der Waals surface area contributed by atoms with E-state index in [0.717, 1.165) is 0 Å². The maximum Gasteiger partial charge on any atom is 2.00 e. The zero-order valence-electron chi connectivity index (χ0n) is 10.0. The fraction of sp³-hybridized carbons (Fsp3) is 0.286. The Bertz CT molecular complexity index is 185. The van der Waals surface area contributed by atoms with Crippen LogP contribution in [0.1, 0.15) is 13.8 Å². The second-order valence-corrected chi connectivity index (χ2v) is 4.80. The van der Waals surface area contributed by atoms with Gasteiger partial charge < -0.3 is 0 Å². The number of rotatable bonds is 2. The van der Waals surface area contributed by atoms with Gasteiger partial charge in [0.15, 0.2) is 0 Å². The third kappa shape index (κ3) is 16.1. The maximum absolute atomic E-state index is 2.22. The first kappa shape index (κ1) is 18.0. The molecular weight excluding hydrogens is 258 g/mol. The van der Waals surface area contributed by atoms with Crippen molar-refractivity contribution in [2.75, 3.05) is 12.3 Å². The Morgan fingerprint density at radius 2 is 1.06 bits per heavy atom. The molecule has 2 rings (SSSR count). The molecule has 0 spiro atoms. The molecule has 1 radical (unpaired) electrons. The number of hydrogen-bond donors (Lipinski definition) is 0. The quantitative estimate of drug-likeness (QED) is 0.560. The zero-order valence-corrected chi connectivity index (χ0v) is 12.1. The van der Waals surface area contributed by atoms with Gasteiger partial charge in [-0.1, -0.05) is 13.8 Å². The molecular formula is C14H21CoP. The summed E-state index contributed by atoms with van der Waals surface area (Å²) in [6.07, 6.45) is 2.74. The third-order valence-electron chi connectivity index (χ3n) is 1.61. The summed E-state index contributed by atoms with van der Waals surface area (Å²) in [6, 6.07) is 20.0. The van der Waals surface area contributed by atoms with Crippen molar-refractivity contribution >= 4 is 8.58 Å². The first-order chi connectivity index (χ1) is 7.41. The maximum atomic E-state index is 2.22. The Hall–Kier alpha value is -0.364. The molecule has 0 aliphatic rings. The van der Waals surface area contributed by atoms with Crippen molar-refractivity contribution in [1.82, 2.24) is 0 Å². The monoisotopic (exact) mass is 279 g/mol. The van der Waals surface area contributed by atoms with Gasteiger partial charge in [-0.25, -0.2) is 24.3 Å². The van der Waals surface area contributed by atoms with Crippen molar-refractivity contribution in [3.05, 3.63) is 60.7 Å². The van der Waals surface area contributed by atoms with E-state index in [4.69, 9.17) is 0 Å². The van der Waals surface area contributed by atoms with E-state index < -0.39 is 0 Å². The van der Waals surface area contributed by atoms with E-state index in [9.17, 15) is 0 Å². The van der Waals surface area contributed by atoms with Crippen molar-refractivity contribution in [3.63, 3.8) is 0 Å². The van der Waals surface area contributed by atoms with Gasteiger partial charge in [-0.05, 0) is 12.3 Å². The summed E-state index contributed by atoms with van der Waals surface area (Å²) in [4.78, 5) is 0. The normalized spacial score (nSPS) is 7.62. The zero-order chi connectivity index (χ0) is 11.2. The van der Waals surface area contributed by atoms with Gasteiger partial charge in [0.05, 0.1) is 0 Å². The molecule has 0 fully saturated rings. The Morgan fingerprint density at radius 1 is 0.750 bits per heavy atom. The van der Waals surface area contributed by atoms with Crippen LogP contribution >= 0.6 is 8.58 Å². The molecule has 2 aromatic carbocycles. The summed E-state index contributed by atoms with van der Waals surface area (Å²) in [5.74, 6) is 0. The molecule has 16 heavy (non-hydrogen) atoms. The van der Waals surface area contributed by atoms with Crippen molar-refractivity contribution in [2.45, 2.75) is 13.8 Å². The van der Waals surface area contributed by atoms with E-state index in [1.54, 1.807) is 0 Å². The Labute approximate surface area is 112 Å². The van der Waals surface area contributed by atoms with Gasteiger partial charge >= 0.3 is 16.8 Å². The van der Waals surface area contributed by atoms with Crippen LogP contribution in [0.15, 0.2) is 60.7 Å². The summed E-state index contributed by atoms with van der Waals surface area (Å²) >= 11 is 0. The fourth-order valence-corrected chi connectivity index (χ4v) is 1.39. The molecule has 0 saturated carbocycles. The van der Waals surface area contributed by atoms with Crippen molar-refractivity contribution in [2.24, 2.45) is 0 Å². The Balaban J connectivity index is 0. The van der Waals surface area contributed by atoms with E-state index in [1.807, 2.05) is 60.7 Å².